The van der Waals surface area contributed by atoms with Crippen LogP contribution in [0.5, 0.6) is 0 Å². The molecule has 0 unspecified atom stereocenters. The van der Waals surface area contributed by atoms with Crippen LogP contribution in [0.4, 0.5) is 0 Å². The largest absolute Gasteiger partial charge is 0.355 e. The topological polar surface area (TPSA) is 46.9 Å². The number of carbonyl (C=O) groups excluding carboxylic acids is 1. The SMILES string of the molecule is Cn1ccnc1SCC(=O)NCCC1=CCCCC1. The smallest absolute Gasteiger partial charge is 0.230 e. The number of carbonyl (C=O) groups is 1. The highest BCUT2D eigenvalue weighted by Crippen LogP contribution is 2.19. The summed E-state index contributed by atoms with van der Waals surface area (Å²) >= 11 is 1.47. The van der Waals surface area contributed by atoms with Crippen molar-refractivity contribution in [2.75, 3.05) is 12.3 Å². The van der Waals surface area contributed by atoms with E-state index in [4.69, 9.17) is 0 Å². The zero-order valence-electron chi connectivity index (χ0n) is 11.4. The minimum Gasteiger partial charge on any atom is -0.355 e. The van der Waals surface area contributed by atoms with Crippen LogP contribution < -0.4 is 5.32 Å². The van der Waals surface area contributed by atoms with Crippen LogP contribution in [0.25, 0.3) is 0 Å². The van der Waals surface area contributed by atoms with Gasteiger partial charge in [0.15, 0.2) is 5.16 Å². The third-order valence-electron chi connectivity index (χ3n) is 3.26. The third-order valence-corrected chi connectivity index (χ3v) is 4.32. The molecule has 104 valence electrons. The van der Waals surface area contributed by atoms with Crippen molar-refractivity contribution in [2.24, 2.45) is 7.05 Å². The van der Waals surface area contributed by atoms with Crippen molar-refractivity contribution in [2.45, 2.75) is 37.3 Å². The number of nitrogens with one attached hydrogen (secondary N) is 1. The fourth-order valence-electron chi connectivity index (χ4n) is 2.17. The maximum Gasteiger partial charge on any atom is 0.230 e. The van der Waals surface area contributed by atoms with Gasteiger partial charge in [0, 0.05) is 26.0 Å². The van der Waals surface area contributed by atoms with E-state index >= 15 is 0 Å². The first-order valence-corrected chi connectivity index (χ1v) is 7.79. The molecule has 1 aliphatic carbocycles. The quantitative estimate of drug-likeness (QED) is 0.643. The van der Waals surface area contributed by atoms with E-state index in [2.05, 4.69) is 16.4 Å². The van der Waals surface area contributed by atoms with Crippen molar-refractivity contribution < 1.29 is 4.79 Å². The molecule has 19 heavy (non-hydrogen) atoms. The van der Waals surface area contributed by atoms with Gasteiger partial charge in [-0.1, -0.05) is 23.4 Å². The van der Waals surface area contributed by atoms with Crippen LogP contribution >= 0.6 is 11.8 Å². The highest BCUT2D eigenvalue weighted by atomic mass is 32.2. The maximum absolute atomic E-state index is 11.7. The molecule has 2 rings (SSSR count). The lowest BCUT2D eigenvalue weighted by Crippen LogP contribution is -2.26. The molecule has 5 heteroatoms. The lowest BCUT2D eigenvalue weighted by Gasteiger charge is -2.12. The molecular formula is C14H21N3OS. The summed E-state index contributed by atoms with van der Waals surface area (Å²) in [5, 5.41) is 3.85. The van der Waals surface area contributed by atoms with Crippen LogP contribution in [0.1, 0.15) is 32.1 Å². The average molecular weight is 279 g/mol. The minimum atomic E-state index is 0.0874. The summed E-state index contributed by atoms with van der Waals surface area (Å²) in [6.45, 7) is 0.756. The summed E-state index contributed by atoms with van der Waals surface area (Å²) in [6.07, 6.45) is 12.0. The summed E-state index contributed by atoms with van der Waals surface area (Å²) in [5.74, 6) is 0.522. The number of hydrogen-bond acceptors (Lipinski definition) is 3. The molecule has 0 aliphatic heterocycles. The first-order chi connectivity index (χ1) is 9.25. The summed E-state index contributed by atoms with van der Waals surface area (Å²) in [5.41, 5.74) is 1.50. The number of aromatic nitrogens is 2. The standard InChI is InChI=1S/C14H21N3OS/c1-17-10-9-16-14(17)19-11-13(18)15-8-7-12-5-3-2-4-6-12/h5,9-10H,2-4,6-8,11H2,1H3,(H,15,18). The summed E-state index contributed by atoms with van der Waals surface area (Å²) in [7, 11) is 1.93. The first-order valence-electron chi connectivity index (χ1n) is 6.80. The maximum atomic E-state index is 11.7. The highest BCUT2D eigenvalue weighted by Gasteiger charge is 2.07. The van der Waals surface area contributed by atoms with Crippen molar-refractivity contribution in [1.82, 2.24) is 14.9 Å². The van der Waals surface area contributed by atoms with Crippen molar-refractivity contribution >= 4 is 17.7 Å². The van der Waals surface area contributed by atoms with E-state index in [-0.39, 0.29) is 5.91 Å². The Balaban J connectivity index is 1.62. The van der Waals surface area contributed by atoms with Crippen LogP contribution in [0.2, 0.25) is 0 Å². The van der Waals surface area contributed by atoms with E-state index in [1.165, 1.54) is 43.0 Å². The third kappa shape index (κ3) is 4.74. The second kappa shape index (κ2) is 7.38. The molecule has 1 amide bonds. The predicted octanol–water partition coefficient (Wildman–Crippen LogP) is 2.52. The van der Waals surface area contributed by atoms with E-state index in [0.717, 1.165) is 18.1 Å². The van der Waals surface area contributed by atoms with Gasteiger partial charge in [0.25, 0.3) is 0 Å². The molecule has 0 spiro atoms. The van der Waals surface area contributed by atoms with Crippen molar-refractivity contribution in [3.63, 3.8) is 0 Å². The molecule has 1 N–H and O–H groups in total. The Bertz CT molecular complexity index is 453. The Morgan fingerprint density at radius 3 is 3.11 bits per heavy atom. The van der Waals surface area contributed by atoms with Gasteiger partial charge in [-0.15, -0.1) is 0 Å². The molecule has 0 bridgehead atoms. The Morgan fingerprint density at radius 2 is 2.42 bits per heavy atom. The molecule has 1 aromatic heterocycles. The second-order valence-electron chi connectivity index (χ2n) is 4.82. The van der Waals surface area contributed by atoms with Crippen molar-refractivity contribution in [3.8, 4) is 0 Å². The van der Waals surface area contributed by atoms with Gasteiger partial charge in [0.1, 0.15) is 0 Å². The molecule has 1 aromatic rings. The minimum absolute atomic E-state index is 0.0874. The van der Waals surface area contributed by atoms with Crippen LogP contribution in [0.15, 0.2) is 29.2 Å². The molecular weight excluding hydrogens is 258 g/mol. The molecule has 4 nitrogen and oxygen atoms in total. The zero-order valence-corrected chi connectivity index (χ0v) is 12.2. The van der Waals surface area contributed by atoms with Gasteiger partial charge in [-0.05, 0) is 32.1 Å². The van der Waals surface area contributed by atoms with Crippen LogP contribution in [0.3, 0.4) is 0 Å². The van der Waals surface area contributed by atoms with E-state index in [0.29, 0.717) is 5.75 Å². The number of amides is 1. The Morgan fingerprint density at radius 1 is 1.53 bits per heavy atom. The Labute approximate surface area is 118 Å². The average Bonchev–Trinajstić information content (AvgIpc) is 2.83. The van der Waals surface area contributed by atoms with Crippen LogP contribution in [-0.2, 0) is 11.8 Å². The molecule has 1 heterocycles. The summed E-state index contributed by atoms with van der Waals surface area (Å²) in [4.78, 5) is 15.9. The van der Waals surface area contributed by atoms with Gasteiger partial charge in [-0.25, -0.2) is 4.98 Å². The number of allylic oxidation sites excluding steroid dienone is 1. The van der Waals surface area contributed by atoms with Crippen LogP contribution in [-0.4, -0.2) is 27.8 Å². The molecule has 1 aliphatic rings. The van der Waals surface area contributed by atoms with Gasteiger partial charge < -0.3 is 9.88 Å². The van der Waals surface area contributed by atoms with Gasteiger partial charge in [-0.3, -0.25) is 4.79 Å². The Kier molecular flexibility index (Phi) is 5.51. The predicted molar refractivity (Wildman–Crippen MR) is 78.1 cm³/mol. The summed E-state index contributed by atoms with van der Waals surface area (Å²) < 4.78 is 1.92. The number of nitrogens with zero attached hydrogens (tertiary/aromatic N) is 2. The van der Waals surface area contributed by atoms with E-state index < -0.39 is 0 Å². The molecule has 0 fully saturated rings. The Hall–Kier alpha value is -1.23. The number of hydrogen-bond donors (Lipinski definition) is 1. The zero-order chi connectivity index (χ0) is 13.5. The van der Waals surface area contributed by atoms with Gasteiger partial charge in [-0.2, -0.15) is 0 Å². The molecule has 0 saturated heterocycles. The molecule has 0 radical (unpaired) electrons. The van der Waals surface area contributed by atoms with Crippen molar-refractivity contribution in [1.29, 1.82) is 0 Å². The van der Waals surface area contributed by atoms with Crippen molar-refractivity contribution in [3.05, 3.63) is 24.0 Å². The summed E-state index contributed by atoms with van der Waals surface area (Å²) in [6, 6.07) is 0. The molecule has 0 aromatic carbocycles. The number of rotatable bonds is 6. The molecule has 0 atom stereocenters. The molecule has 0 saturated carbocycles. The monoisotopic (exact) mass is 279 g/mol. The van der Waals surface area contributed by atoms with Crippen LogP contribution in [0, 0.1) is 0 Å². The van der Waals surface area contributed by atoms with Gasteiger partial charge in [0.2, 0.25) is 5.91 Å². The first kappa shape index (κ1) is 14.2. The fraction of sp³-hybridized carbons (Fsp3) is 0.571. The van der Waals surface area contributed by atoms with E-state index in [1.807, 2.05) is 17.8 Å². The fourth-order valence-corrected chi connectivity index (χ4v) is 2.93. The lowest BCUT2D eigenvalue weighted by molar-refractivity contribution is -0.118. The number of imidazole rings is 1. The lowest BCUT2D eigenvalue weighted by atomic mass is 9.97. The number of thioether (sulfide) groups is 1. The normalized spacial score (nSPS) is 15.1. The second-order valence-corrected chi connectivity index (χ2v) is 5.76. The van der Waals surface area contributed by atoms with Gasteiger partial charge >= 0.3 is 0 Å². The van der Waals surface area contributed by atoms with E-state index in [1.54, 1.807) is 6.20 Å². The van der Waals surface area contributed by atoms with E-state index in [9.17, 15) is 4.79 Å². The van der Waals surface area contributed by atoms with Gasteiger partial charge in [0.05, 0.1) is 5.75 Å². The number of aryl methyl sites for hydroxylation is 1. The highest BCUT2D eigenvalue weighted by molar-refractivity contribution is 7.99.